The van der Waals surface area contributed by atoms with Crippen LogP contribution < -0.4 is 27.9 Å². The number of hydrogen-bond acceptors (Lipinski definition) is 5. The summed E-state index contributed by atoms with van der Waals surface area (Å²) in [6.07, 6.45) is 1.41. The number of carbonyl (C=O) groups excluding carboxylic acids is 1. The Morgan fingerprint density at radius 3 is 2.28 bits per heavy atom. The molecule has 0 bridgehead atoms. The van der Waals surface area contributed by atoms with E-state index in [9.17, 15) is 15.2 Å². The fourth-order valence-corrected chi connectivity index (χ4v) is 2.87. The van der Waals surface area contributed by atoms with Gasteiger partial charge < -0.3 is 33.0 Å². The SMILES string of the molecule is CCN(CC)c1ccc(N/C=C(/C#N)C(=O)Nc2ccc(O)cc2C)c(C)c1.[Cl-]. The molecule has 0 spiro atoms. The van der Waals surface area contributed by atoms with E-state index in [1.165, 1.54) is 12.3 Å². The van der Waals surface area contributed by atoms with Crippen molar-refractivity contribution in [1.82, 2.24) is 0 Å². The third-order valence-electron chi connectivity index (χ3n) is 4.53. The number of carbonyl (C=O) groups is 1. The van der Waals surface area contributed by atoms with Crippen LogP contribution in [0.4, 0.5) is 17.1 Å². The summed E-state index contributed by atoms with van der Waals surface area (Å²) in [5.74, 6) is -0.391. The minimum Gasteiger partial charge on any atom is -1.00 e. The quantitative estimate of drug-likeness (QED) is 0.362. The Hall–Kier alpha value is -3.17. The first kappa shape index (κ1) is 23.9. The number of halogens is 1. The number of amides is 1. The highest BCUT2D eigenvalue weighted by atomic mass is 35.5. The fraction of sp³-hybridized carbons (Fsp3) is 0.273. The molecule has 0 aliphatic heterocycles. The molecule has 0 aromatic heterocycles. The van der Waals surface area contributed by atoms with E-state index in [0.29, 0.717) is 11.3 Å². The van der Waals surface area contributed by atoms with E-state index in [-0.39, 0.29) is 23.7 Å². The molecule has 2 rings (SSSR count). The summed E-state index contributed by atoms with van der Waals surface area (Å²) in [6.45, 7) is 9.83. The summed E-state index contributed by atoms with van der Waals surface area (Å²) in [7, 11) is 0. The maximum atomic E-state index is 12.4. The molecular formula is C22H26ClN4O2-. The average molecular weight is 414 g/mol. The highest BCUT2D eigenvalue weighted by molar-refractivity contribution is 6.07. The Morgan fingerprint density at radius 1 is 1.10 bits per heavy atom. The van der Waals surface area contributed by atoms with Crippen LogP contribution in [0.3, 0.4) is 0 Å². The van der Waals surface area contributed by atoms with Gasteiger partial charge in [0, 0.05) is 36.4 Å². The molecule has 6 nitrogen and oxygen atoms in total. The Balaban J connectivity index is 0.00000420. The molecule has 0 radical (unpaired) electrons. The molecule has 0 fully saturated rings. The number of benzene rings is 2. The van der Waals surface area contributed by atoms with E-state index in [0.717, 1.165) is 30.0 Å². The Morgan fingerprint density at radius 2 is 1.72 bits per heavy atom. The van der Waals surface area contributed by atoms with Gasteiger partial charge in [0.05, 0.1) is 0 Å². The zero-order valence-electron chi connectivity index (χ0n) is 17.1. The number of phenolic OH excluding ortho intramolecular Hbond substituents is 1. The summed E-state index contributed by atoms with van der Waals surface area (Å²) < 4.78 is 0. The molecule has 0 saturated heterocycles. The van der Waals surface area contributed by atoms with Crippen LogP contribution >= 0.6 is 0 Å². The van der Waals surface area contributed by atoms with Crippen molar-refractivity contribution in [2.45, 2.75) is 27.7 Å². The van der Waals surface area contributed by atoms with Gasteiger partial charge >= 0.3 is 0 Å². The van der Waals surface area contributed by atoms with Crippen molar-refractivity contribution < 1.29 is 22.3 Å². The van der Waals surface area contributed by atoms with E-state index < -0.39 is 5.91 Å². The van der Waals surface area contributed by atoms with E-state index in [4.69, 9.17) is 0 Å². The number of nitrogens with zero attached hydrogens (tertiary/aromatic N) is 2. The highest BCUT2D eigenvalue weighted by Crippen LogP contribution is 2.23. The normalized spacial score (nSPS) is 10.5. The van der Waals surface area contributed by atoms with Gasteiger partial charge in [-0.3, -0.25) is 4.79 Å². The van der Waals surface area contributed by atoms with Crippen LogP contribution in [0, 0.1) is 25.2 Å². The Bertz CT molecular complexity index is 931. The Kier molecular flexibility index (Phi) is 9.04. The molecule has 3 N–H and O–H groups in total. The van der Waals surface area contributed by atoms with Gasteiger partial charge in [0.2, 0.25) is 0 Å². The molecule has 0 saturated carbocycles. The van der Waals surface area contributed by atoms with Crippen LogP contribution in [0.25, 0.3) is 0 Å². The van der Waals surface area contributed by atoms with Crippen LogP contribution in [-0.4, -0.2) is 24.1 Å². The van der Waals surface area contributed by atoms with Crippen LogP contribution in [0.2, 0.25) is 0 Å². The van der Waals surface area contributed by atoms with Gasteiger partial charge in [-0.05, 0) is 75.2 Å². The minimum atomic E-state index is -0.513. The van der Waals surface area contributed by atoms with Gasteiger partial charge in [-0.15, -0.1) is 0 Å². The first-order chi connectivity index (χ1) is 13.4. The number of anilines is 3. The number of rotatable bonds is 7. The maximum Gasteiger partial charge on any atom is 0.267 e. The molecule has 0 aliphatic rings. The van der Waals surface area contributed by atoms with Crippen molar-refractivity contribution in [3.05, 3.63) is 59.3 Å². The number of hydrogen-bond donors (Lipinski definition) is 3. The zero-order valence-corrected chi connectivity index (χ0v) is 17.8. The monoisotopic (exact) mass is 413 g/mol. The molecule has 0 atom stereocenters. The van der Waals surface area contributed by atoms with Crippen molar-refractivity contribution in [2.75, 3.05) is 28.6 Å². The van der Waals surface area contributed by atoms with Crippen molar-refractivity contribution in [3.63, 3.8) is 0 Å². The molecule has 154 valence electrons. The number of nitrogens with one attached hydrogen (secondary N) is 2. The van der Waals surface area contributed by atoms with Crippen LogP contribution in [0.5, 0.6) is 5.75 Å². The molecular weight excluding hydrogens is 388 g/mol. The molecule has 29 heavy (non-hydrogen) atoms. The molecule has 2 aromatic rings. The van der Waals surface area contributed by atoms with Crippen LogP contribution in [0.1, 0.15) is 25.0 Å². The average Bonchev–Trinajstić information content (AvgIpc) is 2.67. The molecule has 0 heterocycles. The summed E-state index contributed by atoms with van der Waals surface area (Å²) in [5.41, 5.74) is 4.20. The van der Waals surface area contributed by atoms with Gasteiger partial charge in [-0.25, -0.2) is 0 Å². The second-order valence-corrected chi connectivity index (χ2v) is 6.44. The number of phenols is 1. The summed E-state index contributed by atoms with van der Waals surface area (Å²) in [4.78, 5) is 14.6. The van der Waals surface area contributed by atoms with Gasteiger partial charge in [0.15, 0.2) is 0 Å². The van der Waals surface area contributed by atoms with Crippen molar-refractivity contribution in [3.8, 4) is 11.8 Å². The van der Waals surface area contributed by atoms with Gasteiger partial charge in [-0.1, -0.05) is 0 Å². The Labute approximate surface area is 178 Å². The number of aryl methyl sites for hydroxylation is 2. The lowest BCUT2D eigenvalue weighted by Gasteiger charge is -2.22. The van der Waals surface area contributed by atoms with Crippen molar-refractivity contribution >= 4 is 23.0 Å². The van der Waals surface area contributed by atoms with Gasteiger partial charge in [0.1, 0.15) is 17.4 Å². The standard InChI is InChI=1S/C22H26N4O2.ClH/c1-5-26(6-2)18-7-9-20(15(3)11-18)24-14-17(13-23)22(28)25-21-10-8-19(27)12-16(21)4;/h7-12,14,24,27H,5-6H2,1-4H3,(H,25,28);1H/p-1/b17-14-;. The van der Waals surface area contributed by atoms with Crippen molar-refractivity contribution in [2.24, 2.45) is 0 Å². The van der Waals surface area contributed by atoms with Crippen LogP contribution in [0.15, 0.2) is 48.2 Å². The highest BCUT2D eigenvalue weighted by Gasteiger charge is 2.11. The summed E-state index contributed by atoms with van der Waals surface area (Å²) >= 11 is 0. The molecule has 7 heteroatoms. The summed E-state index contributed by atoms with van der Waals surface area (Å²) in [6, 6.07) is 12.6. The lowest BCUT2D eigenvalue weighted by Crippen LogP contribution is -3.00. The zero-order chi connectivity index (χ0) is 20.7. The van der Waals surface area contributed by atoms with E-state index in [2.05, 4.69) is 35.4 Å². The molecule has 0 unspecified atom stereocenters. The second-order valence-electron chi connectivity index (χ2n) is 6.44. The second kappa shape index (κ2) is 11.0. The first-order valence-corrected chi connectivity index (χ1v) is 9.23. The lowest BCUT2D eigenvalue weighted by atomic mass is 10.1. The smallest absolute Gasteiger partial charge is 0.267 e. The van der Waals surface area contributed by atoms with E-state index in [1.807, 2.05) is 25.1 Å². The van der Waals surface area contributed by atoms with E-state index in [1.54, 1.807) is 19.1 Å². The summed E-state index contributed by atoms with van der Waals surface area (Å²) in [5, 5.41) is 24.6. The first-order valence-electron chi connectivity index (χ1n) is 9.23. The maximum absolute atomic E-state index is 12.4. The predicted molar refractivity (Wildman–Crippen MR) is 114 cm³/mol. The van der Waals surface area contributed by atoms with Gasteiger partial charge in [0.25, 0.3) is 5.91 Å². The third-order valence-corrected chi connectivity index (χ3v) is 4.53. The largest absolute Gasteiger partial charge is 1.00 e. The molecule has 0 aliphatic carbocycles. The predicted octanol–water partition coefficient (Wildman–Crippen LogP) is 1.32. The fourth-order valence-electron chi connectivity index (χ4n) is 2.87. The number of aromatic hydroxyl groups is 1. The molecule has 2 aromatic carbocycles. The number of nitriles is 1. The van der Waals surface area contributed by atoms with Gasteiger partial charge in [-0.2, -0.15) is 5.26 Å². The minimum absolute atomic E-state index is 0. The lowest BCUT2D eigenvalue weighted by molar-refractivity contribution is -0.112. The van der Waals surface area contributed by atoms with Crippen LogP contribution in [-0.2, 0) is 4.79 Å². The third kappa shape index (κ3) is 6.16. The van der Waals surface area contributed by atoms with E-state index >= 15 is 0 Å². The van der Waals surface area contributed by atoms with Crippen molar-refractivity contribution in [1.29, 1.82) is 5.26 Å². The topological polar surface area (TPSA) is 88.4 Å². The molecule has 1 amide bonds.